The third-order valence-electron chi connectivity index (χ3n) is 19.3. The quantitative estimate of drug-likeness (QED) is 0.0367. The molecule has 1 amide bonds. The lowest BCUT2D eigenvalue weighted by Crippen LogP contribution is -2.67. The molecule has 428 valence electrons. The maximum Gasteiger partial charge on any atom is 0.407 e. The van der Waals surface area contributed by atoms with Crippen LogP contribution in [0, 0.1) is 46.3 Å². The SMILES string of the molecule is CCCCCCCCCCCCNC(=O)OC[C@H]1O[C@@H](O[C@H]2CC[C@@]3(C)C(=CC[C@H]4[C@@H]5CC[C@H]([C@H](C)CCCC(C)C)[C@@]5(C)CC[C@@H]43)C2)[C@H](O[C@@H]2O[C@H](CO)[C@H](O)[C@H](O)[C@H]2O)[C@@H](O[C@@H]2OC[C@@H](O)[C@H](O)[C@H]2O)[C@@H]1O. The molecule has 0 aromatic carbocycles. The number of aliphatic hydroxyl groups excluding tert-OH is 8. The lowest BCUT2D eigenvalue weighted by Gasteiger charge is -2.58. The second kappa shape index (κ2) is 27.6. The van der Waals surface area contributed by atoms with Crippen molar-refractivity contribution < 1.29 is 78.8 Å². The van der Waals surface area contributed by atoms with Gasteiger partial charge in [0.05, 0.1) is 19.3 Å². The second-order valence-corrected chi connectivity index (χ2v) is 24.7. The first-order chi connectivity index (χ1) is 35.4. The van der Waals surface area contributed by atoms with Crippen molar-refractivity contribution in [3.63, 3.8) is 0 Å². The summed E-state index contributed by atoms with van der Waals surface area (Å²) in [7, 11) is 0. The smallest absolute Gasteiger partial charge is 0.407 e. The van der Waals surface area contributed by atoms with Gasteiger partial charge in [0.15, 0.2) is 18.9 Å². The van der Waals surface area contributed by atoms with Crippen LogP contribution in [0.25, 0.3) is 0 Å². The Morgan fingerprint density at radius 2 is 1.38 bits per heavy atom. The molecule has 3 saturated carbocycles. The Morgan fingerprint density at radius 1 is 0.703 bits per heavy atom. The summed E-state index contributed by atoms with van der Waals surface area (Å²) in [4.78, 5) is 13.1. The van der Waals surface area contributed by atoms with E-state index in [1.54, 1.807) is 0 Å². The van der Waals surface area contributed by atoms with Gasteiger partial charge in [-0.2, -0.15) is 0 Å². The lowest BCUT2D eigenvalue weighted by atomic mass is 9.47. The van der Waals surface area contributed by atoms with E-state index in [9.17, 15) is 45.6 Å². The van der Waals surface area contributed by atoms with Crippen molar-refractivity contribution in [2.24, 2.45) is 46.3 Å². The number of carbonyl (C=O) groups is 1. The summed E-state index contributed by atoms with van der Waals surface area (Å²) in [6, 6.07) is 0. The van der Waals surface area contributed by atoms with Gasteiger partial charge >= 0.3 is 6.09 Å². The zero-order valence-electron chi connectivity index (χ0n) is 45.7. The predicted octanol–water partition coefficient (Wildman–Crippen LogP) is 6.16. The Balaban J connectivity index is 1.07. The number of fused-ring (bicyclic) bond motifs is 5. The minimum absolute atomic E-state index is 0.0238. The summed E-state index contributed by atoms with van der Waals surface area (Å²) in [5.41, 5.74) is 1.67. The summed E-state index contributed by atoms with van der Waals surface area (Å²) in [6.45, 7) is 13.2. The Hall–Kier alpha value is -1.55. The van der Waals surface area contributed by atoms with Gasteiger partial charge in [-0.15, -0.1) is 0 Å². The van der Waals surface area contributed by atoms with Gasteiger partial charge in [0.2, 0.25) is 0 Å². The fourth-order valence-electron chi connectivity index (χ4n) is 14.8. The van der Waals surface area contributed by atoms with Crippen LogP contribution >= 0.6 is 0 Å². The molecule has 22 atom stereocenters. The Labute approximate surface area is 441 Å². The van der Waals surface area contributed by atoms with Crippen molar-refractivity contribution in [2.45, 2.75) is 268 Å². The lowest BCUT2D eigenvalue weighted by molar-refractivity contribution is -0.391. The van der Waals surface area contributed by atoms with Crippen LogP contribution in [0.2, 0.25) is 0 Å². The van der Waals surface area contributed by atoms with E-state index in [4.69, 9.17) is 33.2 Å². The number of alkyl carbamates (subject to hydrolysis) is 1. The second-order valence-electron chi connectivity index (χ2n) is 24.7. The maximum absolute atomic E-state index is 13.1. The molecule has 9 N–H and O–H groups in total. The monoisotopic (exact) mass is 1050 g/mol. The molecule has 3 heterocycles. The van der Waals surface area contributed by atoms with Crippen molar-refractivity contribution in [3.05, 3.63) is 11.6 Å². The van der Waals surface area contributed by atoms with Crippen molar-refractivity contribution >= 4 is 6.09 Å². The molecule has 7 aliphatic rings. The van der Waals surface area contributed by atoms with Crippen LogP contribution in [0.1, 0.15) is 176 Å². The van der Waals surface area contributed by atoms with E-state index in [2.05, 4.69) is 52.9 Å². The van der Waals surface area contributed by atoms with E-state index >= 15 is 0 Å². The Morgan fingerprint density at radius 3 is 2.08 bits per heavy atom. The standard InChI is InChI=1S/C57H99NO16/c1-7-8-9-10-11-12-13-14-15-16-28-58-55(67)69-32-43-46(63)50(73-52-48(65)44(61)41(60)31-68-52)51(74-53-49(66)47(64)45(62)42(30-59)71-53)54(72-43)70-36-24-26-56(5)35(29-36)20-21-37-39-23-22-38(34(4)19-17-18-33(2)3)57(39,6)27-25-40(37)56/h20,33-34,36-54,59-66H,7-19,21-32H2,1-6H3,(H,58,67)/t34-,36+,37+,38-,39+,40+,41-,42-,43-,44+,45+,46-,47+,48-,49-,50+,51-,52+,53+,54-,56+,57-/m1/s1. The third kappa shape index (κ3) is 14.1. The molecule has 0 aromatic rings. The summed E-state index contributed by atoms with van der Waals surface area (Å²) in [6.07, 6.45) is 2.50. The minimum atomic E-state index is -1.85. The predicted molar refractivity (Wildman–Crippen MR) is 275 cm³/mol. The van der Waals surface area contributed by atoms with Crippen LogP contribution in [0.5, 0.6) is 0 Å². The Bertz CT molecular complexity index is 1740. The number of hydrogen-bond donors (Lipinski definition) is 9. The van der Waals surface area contributed by atoms with E-state index < -0.39 is 118 Å². The van der Waals surface area contributed by atoms with E-state index in [1.807, 2.05) is 0 Å². The fourth-order valence-corrected chi connectivity index (χ4v) is 14.8. The van der Waals surface area contributed by atoms with Crippen molar-refractivity contribution in [1.82, 2.24) is 5.32 Å². The van der Waals surface area contributed by atoms with Crippen molar-refractivity contribution in [3.8, 4) is 0 Å². The molecule has 0 aromatic heterocycles. The maximum atomic E-state index is 13.1. The zero-order chi connectivity index (χ0) is 53.3. The minimum Gasteiger partial charge on any atom is -0.447 e. The summed E-state index contributed by atoms with van der Waals surface area (Å²) < 4.78 is 43.2. The van der Waals surface area contributed by atoms with Gasteiger partial charge in [-0.1, -0.05) is 130 Å². The highest BCUT2D eigenvalue weighted by Crippen LogP contribution is 2.67. The number of allylic oxidation sites excluding steroid dienone is 1. The molecule has 17 heteroatoms. The van der Waals surface area contributed by atoms with Gasteiger partial charge in [0.1, 0.15) is 73.8 Å². The molecule has 3 saturated heterocycles. The molecule has 74 heavy (non-hydrogen) atoms. The molecule has 0 bridgehead atoms. The average molecular weight is 1050 g/mol. The normalized spacial score (nSPS) is 42.7. The van der Waals surface area contributed by atoms with Crippen molar-refractivity contribution in [1.29, 1.82) is 0 Å². The van der Waals surface area contributed by atoms with E-state index in [0.29, 0.717) is 42.6 Å². The highest BCUT2D eigenvalue weighted by molar-refractivity contribution is 5.67. The number of carbonyl (C=O) groups excluding carboxylic acids is 1. The molecule has 17 nitrogen and oxygen atoms in total. The highest BCUT2D eigenvalue weighted by atomic mass is 16.8. The van der Waals surface area contributed by atoms with Gasteiger partial charge in [-0.05, 0) is 104 Å². The largest absolute Gasteiger partial charge is 0.447 e. The third-order valence-corrected chi connectivity index (χ3v) is 19.3. The Kier molecular flexibility index (Phi) is 22.4. The zero-order valence-corrected chi connectivity index (χ0v) is 45.7. The van der Waals surface area contributed by atoms with Gasteiger partial charge in [-0.3, -0.25) is 0 Å². The highest BCUT2D eigenvalue weighted by Gasteiger charge is 2.60. The number of amides is 1. The average Bonchev–Trinajstić information content (AvgIpc) is 3.74. The van der Waals surface area contributed by atoms with Gasteiger partial charge in [0.25, 0.3) is 0 Å². The molecule has 6 fully saturated rings. The number of ether oxygens (including phenoxy) is 7. The van der Waals surface area contributed by atoms with Crippen LogP contribution in [0.15, 0.2) is 11.6 Å². The van der Waals surface area contributed by atoms with Crippen LogP contribution in [0.3, 0.4) is 0 Å². The summed E-state index contributed by atoms with van der Waals surface area (Å²) >= 11 is 0. The molecule has 4 aliphatic carbocycles. The van der Waals surface area contributed by atoms with E-state index in [-0.39, 0.29) is 5.41 Å². The van der Waals surface area contributed by atoms with Gasteiger partial charge < -0.3 is 79.3 Å². The molecule has 3 aliphatic heterocycles. The van der Waals surface area contributed by atoms with Crippen LogP contribution in [-0.4, -0.2) is 165 Å². The van der Waals surface area contributed by atoms with Crippen LogP contribution < -0.4 is 5.32 Å². The first-order valence-electron chi connectivity index (χ1n) is 29.3. The molecule has 0 radical (unpaired) electrons. The van der Waals surface area contributed by atoms with Crippen molar-refractivity contribution in [2.75, 3.05) is 26.4 Å². The van der Waals surface area contributed by atoms with E-state index in [1.165, 1.54) is 89.0 Å². The summed E-state index contributed by atoms with van der Waals surface area (Å²) in [5, 5.41) is 89.6. The number of aliphatic hydroxyl groups is 8. The van der Waals surface area contributed by atoms with E-state index in [0.717, 1.165) is 56.3 Å². The molecular weight excluding hydrogens is 955 g/mol. The number of hydrogen-bond acceptors (Lipinski definition) is 16. The van der Waals surface area contributed by atoms with Gasteiger partial charge in [0, 0.05) is 6.54 Å². The number of rotatable bonds is 25. The number of unbranched alkanes of at least 4 members (excludes halogenated alkanes) is 9. The summed E-state index contributed by atoms with van der Waals surface area (Å²) in [5.74, 6) is 4.07. The number of nitrogens with one attached hydrogen (secondary N) is 1. The molecule has 0 spiro atoms. The first kappa shape index (κ1) is 60.1. The van der Waals surface area contributed by atoms with Gasteiger partial charge in [-0.25, -0.2) is 4.79 Å². The fraction of sp³-hybridized carbons (Fsp3) is 0.947. The topological polar surface area (TPSA) is 256 Å². The molecule has 0 unspecified atom stereocenters. The molecular formula is C57H99NO16. The first-order valence-corrected chi connectivity index (χ1v) is 29.3. The van der Waals surface area contributed by atoms with Crippen LogP contribution in [0.4, 0.5) is 4.79 Å². The van der Waals surface area contributed by atoms with Crippen LogP contribution in [-0.2, 0) is 33.2 Å². The molecule has 7 rings (SSSR count).